The molecule has 1 fully saturated rings. The Balaban J connectivity index is 1.75. The summed E-state index contributed by atoms with van der Waals surface area (Å²) in [5, 5.41) is 14.6. The number of rotatable bonds is 3. The Morgan fingerprint density at radius 2 is 2.17 bits per heavy atom. The molecule has 23 heavy (non-hydrogen) atoms. The number of hydrogen-bond donors (Lipinski definition) is 1. The van der Waals surface area contributed by atoms with E-state index in [1.165, 1.54) is 15.3 Å². The molecule has 0 saturated carbocycles. The van der Waals surface area contributed by atoms with Crippen LogP contribution in [-0.2, 0) is 6.42 Å². The Morgan fingerprint density at radius 3 is 2.78 bits per heavy atom. The van der Waals surface area contributed by atoms with E-state index in [0.29, 0.717) is 6.54 Å². The molecular weight excluding hydrogens is 326 g/mol. The van der Waals surface area contributed by atoms with E-state index < -0.39 is 6.10 Å². The van der Waals surface area contributed by atoms with Gasteiger partial charge < -0.3 is 10.0 Å². The Hall–Kier alpha value is -1.17. The summed E-state index contributed by atoms with van der Waals surface area (Å²) in [6, 6.07) is 2.10. The van der Waals surface area contributed by atoms with Gasteiger partial charge in [0.2, 0.25) is 0 Å². The molecule has 0 unspecified atom stereocenters. The number of hydrogen-bond acceptors (Lipinski definition) is 4. The van der Waals surface area contributed by atoms with Crippen LogP contribution < -0.4 is 0 Å². The maximum atomic E-state index is 12.8. The van der Waals surface area contributed by atoms with Crippen molar-refractivity contribution in [1.29, 1.82) is 0 Å². The monoisotopic (exact) mass is 349 g/mol. The minimum Gasteiger partial charge on any atom is -0.391 e. The number of piperidine rings is 1. The van der Waals surface area contributed by atoms with E-state index in [9.17, 15) is 9.90 Å². The minimum absolute atomic E-state index is 0.0756. The third-order valence-electron chi connectivity index (χ3n) is 4.80. The van der Waals surface area contributed by atoms with E-state index in [2.05, 4.69) is 32.2 Å². The lowest BCUT2D eigenvalue weighted by atomic mass is 9.90. The van der Waals surface area contributed by atoms with E-state index in [4.69, 9.17) is 0 Å². The van der Waals surface area contributed by atoms with Gasteiger partial charge in [-0.1, -0.05) is 6.92 Å². The molecule has 1 amide bonds. The van der Waals surface area contributed by atoms with Gasteiger partial charge in [0.25, 0.3) is 5.91 Å². The summed E-state index contributed by atoms with van der Waals surface area (Å²) in [7, 11) is 0. The van der Waals surface area contributed by atoms with E-state index in [0.717, 1.165) is 30.5 Å². The van der Waals surface area contributed by atoms with Gasteiger partial charge in [-0.3, -0.25) is 4.79 Å². The van der Waals surface area contributed by atoms with Gasteiger partial charge in [0.15, 0.2) is 0 Å². The maximum Gasteiger partial charge on any atom is 0.255 e. The second-order valence-electron chi connectivity index (χ2n) is 6.22. The second kappa shape index (κ2) is 6.75. The van der Waals surface area contributed by atoms with Gasteiger partial charge in [-0.2, -0.15) is 0 Å². The number of aliphatic hydroxyl groups excluding tert-OH is 1. The summed E-state index contributed by atoms with van der Waals surface area (Å²) in [4.78, 5) is 17.1. The lowest BCUT2D eigenvalue weighted by Crippen LogP contribution is -2.45. The Bertz CT molecular complexity index is 704. The van der Waals surface area contributed by atoms with Crippen LogP contribution in [0.3, 0.4) is 0 Å². The lowest BCUT2D eigenvalue weighted by molar-refractivity contribution is 0.0386. The highest BCUT2D eigenvalue weighted by Gasteiger charge is 2.33. The van der Waals surface area contributed by atoms with Crippen molar-refractivity contribution < 1.29 is 9.90 Å². The molecule has 0 aromatic carbocycles. The molecule has 3 heterocycles. The van der Waals surface area contributed by atoms with Crippen molar-refractivity contribution in [3.63, 3.8) is 0 Å². The highest BCUT2D eigenvalue weighted by atomic mass is 32.1. The van der Waals surface area contributed by atoms with Crippen molar-refractivity contribution >= 4 is 28.6 Å². The van der Waals surface area contributed by atoms with Crippen molar-refractivity contribution in [2.45, 2.75) is 45.6 Å². The highest BCUT2D eigenvalue weighted by molar-refractivity contribution is 7.10. The number of carbonyl (C=O) groups is 1. The first kappa shape index (κ1) is 16.7. The number of thiophene rings is 2. The van der Waals surface area contributed by atoms with Crippen LogP contribution in [0.1, 0.15) is 50.5 Å². The average molecular weight is 350 g/mol. The number of amides is 1. The van der Waals surface area contributed by atoms with Gasteiger partial charge in [-0.05, 0) is 49.3 Å². The lowest BCUT2D eigenvalue weighted by Gasteiger charge is -2.36. The van der Waals surface area contributed by atoms with Crippen LogP contribution >= 0.6 is 22.7 Å². The fourth-order valence-corrected chi connectivity index (χ4v) is 5.51. The molecule has 1 aliphatic heterocycles. The van der Waals surface area contributed by atoms with Crippen LogP contribution in [0.15, 0.2) is 16.8 Å². The second-order valence-corrected chi connectivity index (χ2v) is 8.25. The highest BCUT2D eigenvalue weighted by Crippen LogP contribution is 2.35. The molecule has 1 aliphatic rings. The predicted octanol–water partition coefficient (Wildman–Crippen LogP) is 3.98. The molecule has 2 aromatic heterocycles. The summed E-state index contributed by atoms with van der Waals surface area (Å²) in [6.45, 7) is 7.40. The van der Waals surface area contributed by atoms with Gasteiger partial charge >= 0.3 is 0 Å². The first-order valence-electron chi connectivity index (χ1n) is 8.11. The molecule has 0 radical (unpaired) electrons. The maximum absolute atomic E-state index is 12.8. The van der Waals surface area contributed by atoms with E-state index in [1.807, 2.05) is 10.3 Å². The summed E-state index contributed by atoms with van der Waals surface area (Å²) in [6.07, 6.45) is 1.23. The smallest absolute Gasteiger partial charge is 0.255 e. The summed E-state index contributed by atoms with van der Waals surface area (Å²) < 4.78 is 0. The first-order chi connectivity index (χ1) is 11.0. The van der Waals surface area contributed by atoms with Crippen molar-refractivity contribution in [3.05, 3.63) is 43.3 Å². The van der Waals surface area contributed by atoms with Crippen LogP contribution in [0.4, 0.5) is 0 Å². The predicted molar refractivity (Wildman–Crippen MR) is 96.8 cm³/mol. The molecule has 5 heteroatoms. The number of aryl methyl sites for hydroxylation is 2. The van der Waals surface area contributed by atoms with Crippen molar-refractivity contribution in [2.75, 3.05) is 13.1 Å². The van der Waals surface area contributed by atoms with Gasteiger partial charge in [-0.15, -0.1) is 22.7 Å². The fourth-order valence-electron chi connectivity index (χ4n) is 3.45. The zero-order chi connectivity index (χ0) is 16.6. The van der Waals surface area contributed by atoms with E-state index >= 15 is 0 Å². The molecule has 2 aromatic rings. The molecule has 1 saturated heterocycles. The molecule has 0 spiro atoms. The average Bonchev–Trinajstić information content (AvgIpc) is 3.12. The van der Waals surface area contributed by atoms with Crippen LogP contribution in [0.2, 0.25) is 0 Å². The Morgan fingerprint density at radius 1 is 1.39 bits per heavy atom. The van der Waals surface area contributed by atoms with Crippen LogP contribution in [0.5, 0.6) is 0 Å². The molecule has 1 N–H and O–H groups in total. The summed E-state index contributed by atoms with van der Waals surface area (Å²) in [5.74, 6) is 0.237. The van der Waals surface area contributed by atoms with E-state index in [1.54, 1.807) is 22.7 Å². The molecule has 0 bridgehead atoms. The molecular formula is C18H23NO2S2. The van der Waals surface area contributed by atoms with Crippen LogP contribution in [0, 0.1) is 13.8 Å². The number of aliphatic hydroxyl groups is 1. The Labute approximate surface area is 145 Å². The van der Waals surface area contributed by atoms with Crippen molar-refractivity contribution in [1.82, 2.24) is 4.90 Å². The molecule has 124 valence electrons. The van der Waals surface area contributed by atoms with Gasteiger partial charge in [-0.25, -0.2) is 0 Å². The third kappa shape index (κ3) is 3.10. The zero-order valence-electron chi connectivity index (χ0n) is 13.8. The molecule has 3 rings (SSSR count). The zero-order valence-corrected chi connectivity index (χ0v) is 15.5. The van der Waals surface area contributed by atoms with Crippen LogP contribution in [-0.4, -0.2) is 35.1 Å². The number of β-amino-alcohol motifs (C(OH)–C–C–N with tert-alkyl or cyclic N) is 1. The quantitative estimate of drug-likeness (QED) is 0.910. The van der Waals surface area contributed by atoms with Crippen LogP contribution in [0.25, 0.3) is 0 Å². The third-order valence-corrected chi connectivity index (χ3v) is 6.90. The number of nitrogens with zero attached hydrogens (tertiary/aromatic N) is 1. The summed E-state index contributed by atoms with van der Waals surface area (Å²) in [5.41, 5.74) is 3.24. The molecule has 2 atom stereocenters. The SMILES string of the molecule is CCc1c(C(=O)N2CC[C@H](c3sccc3C)[C@@H](O)C2)csc1C. The molecule has 3 nitrogen and oxygen atoms in total. The number of likely N-dealkylation sites (tertiary alicyclic amines) is 1. The number of carbonyl (C=O) groups excluding carboxylic acids is 1. The first-order valence-corrected chi connectivity index (χ1v) is 9.87. The van der Waals surface area contributed by atoms with Gasteiger partial charge in [0, 0.05) is 34.1 Å². The minimum atomic E-state index is -0.477. The van der Waals surface area contributed by atoms with Gasteiger partial charge in [0.05, 0.1) is 11.7 Å². The van der Waals surface area contributed by atoms with Crippen molar-refractivity contribution in [3.8, 4) is 0 Å². The largest absolute Gasteiger partial charge is 0.391 e. The normalized spacial score (nSPS) is 21.7. The van der Waals surface area contributed by atoms with Crippen molar-refractivity contribution in [2.24, 2.45) is 0 Å². The Kier molecular flexibility index (Phi) is 4.90. The molecule has 0 aliphatic carbocycles. The fraction of sp³-hybridized carbons (Fsp3) is 0.500. The van der Waals surface area contributed by atoms with Gasteiger partial charge in [0.1, 0.15) is 0 Å². The topological polar surface area (TPSA) is 40.5 Å². The summed E-state index contributed by atoms with van der Waals surface area (Å²) >= 11 is 3.35. The standard InChI is InChI=1S/C18H23NO2S2/c1-4-13-12(3)23-10-15(13)18(21)19-7-5-14(16(20)9-19)17-11(2)6-8-22-17/h6,8,10,14,16,20H,4-5,7,9H2,1-3H3/t14-,16-/m0/s1. The van der Waals surface area contributed by atoms with E-state index in [-0.39, 0.29) is 11.8 Å².